The maximum atomic E-state index is 13.8. The molecule has 4 heteroatoms. The van der Waals surface area contributed by atoms with Crippen molar-refractivity contribution in [1.29, 1.82) is 0 Å². The van der Waals surface area contributed by atoms with Crippen molar-refractivity contribution < 1.29 is 4.79 Å². The molecule has 0 saturated carbocycles. The third-order valence-electron chi connectivity index (χ3n) is 6.75. The number of hydrogen-bond acceptors (Lipinski definition) is 2. The number of benzene rings is 4. The van der Waals surface area contributed by atoms with Gasteiger partial charge in [-0.15, -0.1) is 0 Å². The number of halogens is 1. The molecule has 34 heavy (non-hydrogen) atoms. The van der Waals surface area contributed by atoms with Gasteiger partial charge in [0.2, 0.25) is 5.91 Å². The fourth-order valence-electron chi connectivity index (χ4n) is 5.05. The van der Waals surface area contributed by atoms with Gasteiger partial charge < -0.3 is 4.90 Å². The van der Waals surface area contributed by atoms with Gasteiger partial charge in [-0.1, -0.05) is 113 Å². The Hall–Kier alpha value is -3.21. The summed E-state index contributed by atoms with van der Waals surface area (Å²) in [6.07, 6.45) is 1.54. The molecule has 5 rings (SSSR count). The average molecular weight is 511 g/mol. The fourth-order valence-corrected chi connectivity index (χ4v) is 5.40. The minimum absolute atomic E-state index is 0.0732. The molecule has 0 aliphatic carbocycles. The van der Waals surface area contributed by atoms with Crippen LogP contribution >= 0.6 is 15.9 Å². The highest BCUT2D eigenvalue weighted by molar-refractivity contribution is 9.10. The highest BCUT2D eigenvalue weighted by atomic mass is 79.9. The summed E-state index contributed by atoms with van der Waals surface area (Å²) < 4.78 is 0.976. The van der Waals surface area contributed by atoms with Crippen LogP contribution < -0.4 is 10.2 Å². The Bertz CT molecular complexity index is 1180. The summed E-state index contributed by atoms with van der Waals surface area (Å²) >= 11 is 3.57. The zero-order valence-corrected chi connectivity index (χ0v) is 20.7. The highest BCUT2D eigenvalue weighted by Gasteiger charge is 2.41. The van der Waals surface area contributed by atoms with E-state index in [9.17, 15) is 4.79 Å². The van der Waals surface area contributed by atoms with Crippen molar-refractivity contribution in [3.8, 4) is 0 Å². The summed E-state index contributed by atoms with van der Waals surface area (Å²) in [5, 5.41) is 3.89. The van der Waals surface area contributed by atoms with Crippen molar-refractivity contribution in [1.82, 2.24) is 5.32 Å². The second kappa shape index (κ2) is 9.57. The van der Waals surface area contributed by atoms with Gasteiger partial charge in [-0.3, -0.25) is 10.1 Å². The van der Waals surface area contributed by atoms with Gasteiger partial charge in [-0.2, -0.15) is 0 Å². The molecule has 0 saturated heterocycles. The minimum atomic E-state index is -0.679. The molecular formula is C30H27BrN2O. The van der Waals surface area contributed by atoms with Gasteiger partial charge in [0.25, 0.3) is 0 Å². The van der Waals surface area contributed by atoms with E-state index in [1.165, 1.54) is 5.56 Å². The smallest absolute Gasteiger partial charge is 0.243 e. The van der Waals surface area contributed by atoms with Crippen LogP contribution in [0.2, 0.25) is 0 Å². The zero-order chi connectivity index (χ0) is 23.5. The molecule has 1 atom stereocenters. The monoisotopic (exact) mass is 510 g/mol. The summed E-state index contributed by atoms with van der Waals surface area (Å²) in [5.41, 5.74) is 4.79. The second-order valence-corrected chi connectivity index (χ2v) is 9.67. The van der Waals surface area contributed by atoms with Crippen LogP contribution in [0, 0.1) is 0 Å². The SMILES string of the molecule is CN1C(=O)[C@@H](NC(c2ccccc2)(c2ccccc2)c2ccccc2)CCc2ccc(Br)cc21. The van der Waals surface area contributed by atoms with Crippen molar-refractivity contribution in [2.24, 2.45) is 0 Å². The van der Waals surface area contributed by atoms with E-state index in [0.717, 1.165) is 33.3 Å². The maximum Gasteiger partial charge on any atom is 0.243 e. The van der Waals surface area contributed by atoms with Gasteiger partial charge in [-0.25, -0.2) is 0 Å². The maximum absolute atomic E-state index is 13.8. The van der Waals surface area contributed by atoms with Crippen molar-refractivity contribution in [3.05, 3.63) is 136 Å². The zero-order valence-electron chi connectivity index (χ0n) is 19.1. The van der Waals surface area contributed by atoms with Gasteiger partial charge >= 0.3 is 0 Å². The molecule has 4 aromatic carbocycles. The predicted octanol–water partition coefficient (Wildman–Crippen LogP) is 6.31. The molecule has 0 fully saturated rings. The number of rotatable bonds is 5. The molecule has 4 aromatic rings. The van der Waals surface area contributed by atoms with Crippen LogP contribution in [0.4, 0.5) is 5.69 Å². The van der Waals surface area contributed by atoms with E-state index in [4.69, 9.17) is 0 Å². The summed E-state index contributed by atoms with van der Waals surface area (Å²) in [6, 6.07) is 37.2. The van der Waals surface area contributed by atoms with E-state index in [1.54, 1.807) is 4.90 Å². The Morgan fingerprint density at radius 2 is 1.29 bits per heavy atom. The Morgan fingerprint density at radius 3 is 1.79 bits per heavy atom. The molecule has 170 valence electrons. The van der Waals surface area contributed by atoms with Gasteiger partial charge in [0, 0.05) is 17.2 Å². The largest absolute Gasteiger partial charge is 0.314 e. The third kappa shape index (κ3) is 4.08. The summed E-state index contributed by atoms with van der Waals surface area (Å²) in [5.74, 6) is 0.0732. The van der Waals surface area contributed by atoms with Crippen LogP contribution in [0.5, 0.6) is 0 Å². The molecule has 0 unspecified atom stereocenters. The van der Waals surface area contributed by atoms with E-state index in [2.05, 4.69) is 100 Å². The molecule has 0 spiro atoms. The lowest BCUT2D eigenvalue weighted by Gasteiger charge is -2.40. The molecule has 1 aliphatic rings. The van der Waals surface area contributed by atoms with Gasteiger partial charge in [-0.05, 0) is 47.2 Å². The molecule has 0 aromatic heterocycles. The molecule has 0 radical (unpaired) electrons. The van der Waals surface area contributed by atoms with E-state index in [0.29, 0.717) is 6.42 Å². The molecule has 3 nitrogen and oxygen atoms in total. The van der Waals surface area contributed by atoms with Crippen molar-refractivity contribution >= 4 is 27.5 Å². The first-order valence-corrected chi connectivity index (χ1v) is 12.4. The number of hydrogen-bond donors (Lipinski definition) is 1. The number of nitrogens with one attached hydrogen (secondary N) is 1. The summed E-state index contributed by atoms with van der Waals surface area (Å²) in [4.78, 5) is 15.6. The first-order valence-electron chi connectivity index (χ1n) is 11.6. The van der Waals surface area contributed by atoms with E-state index >= 15 is 0 Å². The number of carbonyl (C=O) groups excluding carboxylic acids is 1. The number of carbonyl (C=O) groups is 1. The van der Waals surface area contributed by atoms with Crippen molar-refractivity contribution in [2.75, 3.05) is 11.9 Å². The standard InChI is InChI=1S/C30H27BrN2O/c1-33-28-21-26(31)19-17-22(28)18-20-27(29(33)34)32-30(23-11-5-2-6-12-23,24-13-7-3-8-14-24)25-15-9-4-10-16-25/h2-17,19,21,27,32H,18,20H2,1H3/t27-/m0/s1. The number of aryl methyl sites for hydroxylation is 1. The molecular weight excluding hydrogens is 484 g/mol. The van der Waals surface area contributed by atoms with Crippen LogP contribution in [0.25, 0.3) is 0 Å². The third-order valence-corrected chi connectivity index (χ3v) is 7.24. The van der Waals surface area contributed by atoms with Crippen LogP contribution in [0.3, 0.4) is 0 Å². The number of fused-ring (bicyclic) bond motifs is 1. The molecule has 1 heterocycles. The van der Waals surface area contributed by atoms with Crippen molar-refractivity contribution in [2.45, 2.75) is 24.4 Å². The lowest BCUT2D eigenvalue weighted by atomic mass is 9.76. The van der Waals surface area contributed by atoms with Gasteiger partial charge in [0.15, 0.2) is 0 Å². The quantitative estimate of drug-likeness (QED) is 0.319. The lowest BCUT2D eigenvalue weighted by Crippen LogP contribution is -2.55. The number of nitrogens with zero attached hydrogens (tertiary/aromatic N) is 1. The van der Waals surface area contributed by atoms with Gasteiger partial charge in [0.1, 0.15) is 0 Å². The molecule has 1 aliphatic heterocycles. The summed E-state index contributed by atoms with van der Waals surface area (Å²) in [7, 11) is 1.88. The average Bonchev–Trinajstić information content (AvgIpc) is 3.00. The molecule has 0 bridgehead atoms. The normalized spacial score (nSPS) is 16.1. The van der Waals surface area contributed by atoms with Crippen LogP contribution in [0.1, 0.15) is 28.7 Å². The second-order valence-electron chi connectivity index (χ2n) is 8.75. The number of anilines is 1. The first-order chi connectivity index (χ1) is 16.6. The highest BCUT2D eigenvalue weighted by Crippen LogP contribution is 2.38. The van der Waals surface area contributed by atoms with Crippen LogP contribution in [-0.4, -0.2) is 19.0 Å². The fraction of sp³-hybridized carbons (Fsp3) is 0.167. The van der Waals surface area contributed by atoms with Crippen molar-refractivity contribution in [3.63, 3.8) is 0 Å². The molecule has 1 amide bonds. The Balaban J connectivity index is 1.66. The Labute approximate surface area is 209 Å². The van der Waals surface area contributed by atoms with E-state index in [-0.39, 0.29) is 11.9 Å². The molecule has 1 N–H and O–H groups in total. The topological polar surface area (TPSA) is 32.3 Å². The predicted molar refractivity (Wildman–Crippen MR) is 142 cm³/mol. The minimum Gasteiger partial charge on any atom is -0.314 e. The lowest BCUT2D eigenvalue weighted by molar-refractivity contribution is -0.120. The summed E-state index contributed by atoms with van der Waals surface area (Å²) in [6.45, 7) is 0. The first kappa shape index (κ1) is 22.6. The number of amides is 1. The Kier molecular flexibility index (Phi) is 6.36. The van der Waals surface area contributed by atoms with Crippen LogP contribution in [-0.2, 0) is 16.8 Å². The number of likely N-dealkylation sites (N-methyl/N-ethyl adjacent to an activating group) is 1. The van der Waals surface area contributed by atoms with Gasteiger partial charge in [0.05, 0.1) is 11.6 Å². The van der Waals surface area contributed by atoms with E-state index in [1.807, 2.05) is 37.4 Å². The Morgan fingerprint density at radius 1 is 0.794 bits per heavy atom. The van der Waals surface area contributed by atoms with Crippen LogP contribution in [0.15, 0.2) is 114 Å². The van der Waals surface area contributed by atoms with E-state index < -0.39 is 5.54 Å².